The predicted molar refractivity (Wildman–Crippen MR) is 83.4 cm³/mol. The third kappa shape index (κ3) is 6.34. The molecule has 0 atom stereocenters. The summed E-state index contributed by atoms with van der Waals surface area (Å²) >= 11 is 0. The van der Waals surface area contributed by atoms with Crippen molar-refractivity contribution in [3.8, 4) is 11.5 Å². The van der Waals surface area contributed by atoms with Gasteiger partial charge in [0.15, 0.2) is 11.5 Å². The first kappa shape index (κ1) is 17.1. The Morgan fingerprint density at radius 1 is 1.05 bits per heavy atom. The SMILES string of the molecule is CCCCCCCC/C(=C/c1ccc(O)c(O)c1)C(=O)O. The summed E-state index contributed by atoms with van der Waals surface area (Å²) < 4.78 is 0. The number of rotatable bonds is 9. The van der Waals surface area contributed by atoms with Gasteiger partial charge in [0.05, 0.1) is 0 Å². The van der Waals surface area contributed by atoms with Gasteiger partial charge in [0.2, 0.25) is 0 Å². The molecule has 0 saturated carbocycles. The van der Waals surface area contributed by atoms with Crippen LogP contribution in [0.1, 0.15) is 57.4 Å². The van der Waals surface area contributed by atoms with E-state index in [1.807, 2.05) is 0 Å². The third-order valence-corrected chi connectivity index (χ3v) is 3.41. The van der Waals surface area contributed by atoms with E-state index < -0.39 is 5.97 Å². The fraction of sp³-hybridized carbons (Fsp3) is 0.471. The van der Waals surface area contributed by atoms with E-state index in [-0.39, 0.29) is 11.5 Å². The van der Waals surface area contributed by atoms with Crippen LogP contribution in [0.15, 0.2) is 23.8 Å². The Hall–Kier alpha value is -1.97. The van der Waals surface area contributed by atoms with Gasteiger partial charge in [-0.15, -0.1) is 0 Å². The Morgan fingerprint density at radius 2 is 1.71 bits per heavy atom. The first-order valence-electron chi connectivity index (χ1n) is 7.50. The summed E-state index contributed by atoms with van der Waals surface area (Å²) in [6.07, 6.45) is 8.72. The number of benzene rings is 1. The van der Waals surface area contributed by atoms with Crippen LogP contribution in [-0.4, -0.2) is 21.3 Å². The standard InChI is InChI=1S/C17H24O4/c1-2-3-4-5-6-7-8-14(17(20)21)11-13-9-10-15(18)16(19)12-13/h9-12,18-19H,2-8H2,1H3,(H,20,21)/b14-11-. The van der Waals surface area contributed by atoms with E-state index in [4.69, 9.17) is 0 Å². The highest BCUT2D eigenvalue weighted by Crippen LogP contribution is 2.26. The number of carbonyl (C=O) groups is 1. The molecule has 0 heterocycles. The highest BCUT2D eigenvalue weighted by atomic mass is 16.4. The summed E-state index contributed by atoms with van der Waals surface area (Å²) in [4.78, 5) is 11.2. The van der Waals surface area contributed by atoms with Crippen LogP contribution in [0.5, 0.6) is 11.5 Å². The summed E-state index contributed by atoms with van der Waals surface area (Å²) in [5, 5.41) is 27.9. The molecule has 3 N–H and O–H groups in total. The van der Waals surface area contributed by atoms with E-state index in [0.717, 1.165) is 19.3 Å². The Bertz CT molecular complexity index is 492. The molecule has 0 aliphatic rings. The number of unbranched alkanes of at least 4 members (excludes halogenated alkanes) is 5. The monoisotopic (exact) mass is 292 g/mol. The molecule has 4 nitrogen and oxygen atoms in total. The molecule has 4 heteroatoms. The van der Waals surface area contributed by atoms with Gasteiger partial charge in [-0.3, -0.25) is 0 Å². The molecule has 0 bridgehead atoms. The first-order valence-corrected chi connectivity index (χ1v) is 7.50. The minimum Gasteiger partial charge on any atom is -0.504 e. The predicted octanol–water partition coefficient (Wildman–Crippen LogP) is 4.32. The smallest absolute Gasteiger partial charge is 0.331 e. The number of carboxylic acid groups (broad SMARTS) is 1. The Labute approximate surface area is 125 Å². The summed E-state index contributed by atoms with van der Waals surface area (Å²) in [6.45, 7) is 2.17. The average molecular weight is 292 g/mol. The highest BCUT2D eigenvalue weighted by molar-refractivity contribution is 5.92. The molecule has 0 amide bonds. The van der Waals surface area contributed by atoms with Crippen LogP contribution in [-0.2, 0) is 4.79 Å². The number of aromatic hydroxyl groups is 2. The van der Waals surface area contributed by atoms with Gasteiger partial charge in [-0.25, -0.2) is 4.79 Å². The summed E-state index contributed by atoms with van der Waals surface area (Å²) in [5.41, 5.74) is 0.907. The van der Waals surface area contributed by atoms with Crippen LogP contribution >= 0.6 is 0 Å². The topological polar surface area (TPSA) is 77.8 Å². The molecule has 0 radical (unpaired) electrons. The maximum absolute atomic E-state index is 11.2. The molecule has 0 fully saturated rings. The van der Waals surface area contributed by atoms with Crippen LogP contribution in [0.2, 0.25) is 0 Å². The summed E-state index contributed by atoms with van der Waals surface area (Å²) in [7, 11) is 0. The van der Waals surface area contributed by atoms with Crippen molar-refractivity contribution in [3.05, 3.63) is 29.3 Å². The third-order valence-electron chi connectivity index (χ3n) is 3.41. The molecule has 0 aliphatic heterocycles. The lowest BCUT2D eigenvalue weighted by Gasteiger charge is -2.04. The number of hydrogen-bond acceptors (Lipinski definition) is 3. The molecule has 1 aromatic rings. The molecule has 0 spiro atoms. The number of hydrogen-bond donors (Lipinski definition) is 3. The van der Waals surface area contributed by atoms with Crippen molar-refractivity contribution < 1.29 is 20.1 Å². The van der Waals surface area contributed by atoms with Gasteiger partial charge < -0.3 is 15.3 Å². The number of phenolic OH excluding ortho intramolecular Hbond substituents is 2. The van der Waals surface area contributed by atoms with E-state index in [2.05, 4.69) is 6.92 Å². The Kier molecular flexibility index (Phi) is 7.37. The quantitative estimate of drug-likeness (QED) is 0.360. The number of carboxylic acids is 1. The fourth-order valence-corrected chi connectivity index (χ4v) is 2.17. The highest BCUT2D eigenvalue weighted by Gasteiger charge is 2.08. The maximum Gasteiger partial charge on any atom is 0.331 e. The maximum atomic E-state index is 11.2. The molecule has 0 aliphatic carbocycles. The number of aliphatic carboxylic acids is 1. The normalized spacial score (nSPS) is 11.6. The van der Waals surface area contributed by atoms with Gasteiger partial charge in [0.25, 0.3) is 0 Å². The van der Waals surface area contributed by atoms with Crippen molar-refractivity contribution in [3.63, 3.8) is 0 Å². The van der Waals surface area contributed by atoms with Crippen molar-refractivity contribution in [1.82, 2.24) is 0 Å². The lowest BCUT2D eigenvalue weighted by atomic mass is 10.0. The van der Waals surface area contributed by atoms with Crippen LogP contribution < -0.4 is 0 Å². The van der Waals surface area contributed by atoms with Gasteiger partial charge in [0, 0.05) is 5.57 Å². The van der Waals surface area contributed by atoms with E-state index in [0.29, 0.717) is 17.6 Å². The second-order valence-electron chi connectivity index (χ2n) is 5.24. The molecule has 1 rings (SSSR count). The van der Waals surface area contributed by atoms with E-state index >= 15 is 0 Å². The minimum absolute atomic E-state index is 0.208. The van der Waals surface area contributed by atoms with Crippen molar-refractivity contribution in [2.75, 3.05) is 0 Å². The Balaban J connectivity index is 2.58. The van der Waals surface area contributed by atoms with E-state index in [1.165, 1.54) is 31.4 Å². The lowest BCUT2D eigenvalue weighted by molar-refractivity contribution is -0.132. The van der Waals surface area contributed by atoms with Crippen molar-refractivity contribution >= 4 is 12.0 Å². The first-order chi connectivity index (χ1) is 10.0. The molecule has 0 unspecified atom stereocenters. The number of phenols is 2. The molecule has 1 aromatic carbocycles. The molecule has 0 saturated heterocycles. The second-order valence-corrected chi connectivity index (χ2v) is 5.24. The van der Waals surface area contributed by atoms with E-state index in [1.54, 1.807) is 12.1 Å². The summed E-state index contributed by atoms with van der Waals surface area (Å²) in [6, 6.07) is 4.30. The minimum atomic E-state index is -0.934. The van der Waals surface area contributed by atoms with Crippen LogP contribution in [0, 0.1) is 0 Å². The zero-order chi connectivity index (χ0) is 15.7. The van der Waals surface area contributed by atoms with Gasteiger partial charge in [0.1, 0.15) is 0 Å². The van der Waals surface area contributed by atoms with Crippen molar-refractivity contribution in [2.45, 2.75) is 51.9 Å². The van der Waals surface area contributed by atoms with Gasteiger partial charge in [-0.05, 0) is 36.6 Å². The lowest BCUT2D eigenvalue weighted by Crippen LogP contribution is -2.00. The van der Waals surface area contributed by atoms with Crippen molar-refractivity contribution in [2.24, 2.45) is 0 Å². The van der Waals surface area contributed by atoms with Crippen LogP contribution in [0.4, 0.5) is 0 Å². The molecule has 0 aromatic heterocycles. The zero-order valence-electron chi connectivity index (χ0n) is 12.5. The molecule has 116 valence electrons. The van der Waals surface area contributed by atoms with Crippen molar-refractivity contribution in [1.29, 1.82) is 0 Å². The molecular weight excluding hydrogens is 268 g/mol. The average Bonchev–Trinajstić information content (AvgIpc) is 2.45. The second kappa shape index (κ2) is 9.06. The summed E-state index contributed by atoms with van der Waals surface area (Å²) in [5.74, 6) is -1.39. The van der Waals surface area contributed by atoms with E-state index in [9.17, 15) is 20.1 Å². The van der Waals surface area contributed by atoms with Crippen LogP contribution in [0.25, 0.3) is 6.08 Å². The Morgan fingerprint density at radius 3 is 2.33 bits per heavy atom. The molecule has 21 heavy (non-hydrogen) atoms. The van der Waals surface area contributed by atoms with Gasteiger partial charge in [-0.1, -0.05) is 45.1 Å². The van der Waals surface area contributed by atoms with Crippen LogP contribution in [0.3, 0.4) is 0 Å². The zero-order valence-corrected chi connectivity index (χ0v) is 12.5. The molecular formula is C17H24O4. The van der Waals surface area contributed by atoms with Gasteiger partial charge in [-0.2, -0.15) is 0 Å². The van der Waals surface area contributed by atoms with Gasteiger partial charge >= 0.3 is 5.97 Å². The fourth-order valence-electron chi connectivity index (χ4n) is 2.17. The largest absolute Gasteiger partial charge is 0.504 e.